The highest BCUT2D eigenvalue weighted by atomic mass is 16.3. The summed E-state index contributed by atoms with van der Waals surface area (Å²) in [7, 11) is 0. The first-order chi connectivity index (χ1) is 7.90. The van der Waals surface area contributed by atoms with Crippen molar-refractivity contribution < 1.29 is 9.90 Å². The van der Waals surface area contributed by atoms with Crippen LogP contribution in [-0.2, 0) is 4.79 Å². The summed E-state index contributed by atoms with van der Waals surface area (Å²) in [5, 5.41) is 12.8. The van der Waals surface area contributed by atoms with Crippen LogP contribution in [-0.4, -0.2) is 28.7 Å². The summed E-state index contributed by atoms with van der Waals surface area (Å²) in [6.07, 6.45) is 6.31. The number of carbonyl (C=O) groups is 1. The normalized spacial score (nSPS) is 22.8. The van der Waals surface area contributed by atoms with Gasteiger partial charge in [-0.25, -0.2) is 0 Å². The summed E-state index contributed by atoms with van der Waals surface area (Å²) < 4.78 is 0. The minimum absolute atomic E-state index is 0.103. The van der Waals surface area contributed by atoms with Gasteiger partial charge < -0.3 is 16.2 Å². The Balaban J connectivity index is 2.43. The first kappa shape index (κ1) is 14.5. The fourth-order valence-electron chi connectivity index (χ4n) is 2.48. The van der Waals surface area contributed by atoms with Gasteiger partial charge in [0.2, 0.25) is 5.91 Å². The molecule has 1 aliphatic carbocycles. The molecule has 1 rings (SSSR count). The lowest BCUT2D eigenvalue weighted by Gasteiger charge is -2.33. The average Bonchev–Trinajstić information content (AvgIpc) is 2.27. The third-order valence-corrected chi connectivity index (χ3v) is 3.62. The van der Waals surface area contributed by atoms with E-state index < -0.39 is 11.1 Å². The van der Waals surface area contributed by atoms with Gasteiger partial charge in [0, 0.05) is 6.54 Å². The van der Waals surface area contributed by atoms with E-state index in [1.807, 2.05) is 6.92 Å². The van der Waals surface area contributed by atoms with Crippen LogP contribution in [0.25, 0.3) is 0 Å². The van der Waals surface area contributed by atoms with E-state index in [0.717, 1.165) is 32.1 Å². The second-order valence-electron chi connectivity index (χ2n) is 5.65. The van der Waals surface area contributed by atoms with Crippen LogP contribution in [0.3, 0.4) is 0 Å². The largest absolute Gasteiger partial charge is 0.388 e. The Labute approximate surface area is 104 Å². The number of aliphatic hydroxyl groups is 1. The fraction of sp³-hybridized carbons (Fsp3) is 0.923. The van der Waals surface area contributed by atoms with Crippen LogP contribution in [0.5, 0.6) is 0 Å². The minimum atomic E-state index is -0.824. The van der Waals surface area contributed by atoms with Gasteiger partial charge in [0.1, 0.15) is 0 Å². The van der Waals surface area contributed by atoms with Gasteiger partial charge in [0.25, 0.3) is 0 Å². The predicted molar refractivity (Wildman–Crippen MR) is 68.5 cm³/mol. The van der Waals surface area contributed by atoms with Crippen molar-refractivity contribution in [2.75, 3.05) is 6.54 Å². The fourth-order valence-corrected chi connectivity index (χ4v) is 2.48. The Hall–Kier alpha value is -0.610. The maximum absolute atomic E-state index is 12.0. The number of carbonyl (C=O) groups excluding carboxylic acids is 1. The molecule has 100 valence electrons. The van der Waals surface area contributed by atoms with Crippen molar-refractivity contribution in [1.82, 2.24) is 5.32 Å². The van der Waals surface area contributed by atoms with Crippen molar-refractivity contribution in [2.24, 2.45) is 5.73 Å². The minimum Gasteiger partial charge on any atom is -0.388 e. The van der Waals surface area contributed by atoms with Crippen LogP contribution in [0.1, 0.15) is 58.8 Å². The summed E-state index contributed by atoms with van der Waals surface area (Å²) in [5.41, 5.74) is 4.58. The first-order valence-corrected chi connectivity index (χ1v) is 6.69. The second kappa shape index (κ2) is 5.83. The molecule has 1 fully saturated rings. The van der Waals surface area contributed by atoms with Gasteiger partial charge in [-0.1, -0.05) is 32.6 Å². The molecule has 0 radical (unpaired) electrons. The lowest BCUT2D eigenvalue weighted by atomic mass is 9.82. The van der Waals surface area contributed by atoms with E-state index in [2.05, 4.69) is 5.32 Å². The Kier molecular flexibility index (Phi) is 4.95. The van der Waals surface area contributed by atoms with Gasteiger partial charge >= 0.3 is 0 Å². The van der Waals surface area contributed by atoms with Crippen LogP contribution in [0.4, 0.5) is 0 Å². The molecule has 1 atom stereocenters. The topological polar surface area (TPSA) is 75.3 Å². The Morgan fingerprint density at radius 3 is 2.53 bits per heavy atom. The van der Waals surface area contributed by atoms with Crippen molar-refractivity contribution in [3.63, 3.8) is 0 Å². The number of hydrogen-bond acceptors (Lipinski definition) is 3. The van der Waals surface area contributed by atoms with Crippen molar-refractivity contribution in [1.29, 1.82) is 0 Å². The van der Waals surface area contributed by atoms with Crippen LogP contribution >= 0.6 is 0 Å². The summed E-state index contributed by atoms with van der Waals surface area (Å²) in [4.78, 5) is 12.0. The summed E-state index contributed by atoms with van der Waals surface area (Å²) in [6, 6.07) is 0. The molecule has 0 heterocycles. The maximum atomic E-state index is 12.0. The summed E-state index contributed by atoms with van der Waals surface area (Å²) in [6.45, 7) is 4.06. The molecule has 4 heteroatoms. The standard InChI is InChI=1S/C13H26N2O2/c1-3-7-12(2,17)10-15-11(16)13(14)8-5-4-6-9-13/h17H,3-10,14H2,1-2H3,(H,15,16). The van der Waals surface area contributed by atoms with Crippen molar-refractivity contribution in [2.45, 2.75) is 69.9 Å². The SMILES string of the molecule is CCCC(C)(O)CNC(=O)C1(N)CCCCC1. The molecule has 0 aromatic rings. The molecule has 0 spiro atoms. The van der Waals surface area contributed by atoms with E-state index in [1.165, 1.54) is 6.42 Å². The molecule has 4 nitrogen and oxygen atoms in total. The molecule has 0 saturated heterocycles. The molecule has 0 aromatic heterocycles. The number of nitrogens with one attached hydrogen (secondary N) is 1. The highest BCUT2D eigenvalue weighted by Gasteiger charge is 2.35. The zero-order chi connectivity index (χ0) is 12.9. The second-order valence-corrected chi connectivity index (χ2v) is 5.65. The number of nitrogens with two attached hydrogens (primary N) is 1. The zero-order valence-corrected chi connectivity index (χ0v) is 11.1. The van der Waals surface area contributed by atoms with Gasteiger partial charge in [-0.3, -0.25) is 4.79 Å². The molecular weight excluding hydrogens is 216 g/mol. The molecule has 0 aliphatic heterocycles. The van der Waals surface area contributed by atoms with Gasteiger partial charge in [0.15, 0.2) is 0 Å². The van der Waals surface area contributed by atoms with E-state index in [4.69, 9.17) is 5.73 Å². The molecule has 0 aromatic carbocycles. The molecule has 0 bridgehead atoms. The van der Waals surface area contributed by atoms with Crippen LogP contribution in [0, 0.1) is 0 Å². The molecule has 1 aliphatic rings. The van der Waals surface area contributed by atoms with Crippen molar-refractivity contribution >= 4 is 5.91 Å². The van der Waals surface area contributed by atoms with Crippen LogP contribution < -0.4 is 11.1 Å². The maximum Gasteiger partial charge on any atom is 0.240 e. The van der Waals surface area contributed by atoms with E-state index >= 15 is 0 Å². The third kappa shape index (κ3) is 4.28. The highest BCUT2D eigenvalue weighted by molar-refractivity contribution is 5.86. The third-order valence-electron chi connectivity index (χ3n) is 3.62. The Morgan fingerprint density at radius 2 is 2.00 bits per heavy atom. The molecule has 4 N–H and O–H groups in total. The van der Waals surface area contributed by atoms with E-state index in [0.29, 0.717) is 13.0 Å². The molecule has 1 amide bonds. The average molecular weight is 242 g/mol. The molecule has 17 heavy (non-hydrogen) atoms. The lowest BCUT2D eigenvalue weighted by molar-refractivity contribution is -0.128. The predicted octanol–water partition coefficient (Wildman–Crippen LogP) is 1.32. The quantitative estimate of drug-likeness (QED) is 0.680. The van der Waals surface area contributed by atoms with Crippen LogP contribution in [0.15, 0.2) is 0 Å². The molecule has 1 saturated carbocycles. The summed E-state index contributed by atoms with van der Waals surface area (Å²) >= 11 is 0. The Bertz CT molecular complexity index is 258. The lowest BCUT2D eigenvalue weighted by Crippen LogP contribution is -2.57. The highest BCUT2D eigenvalue weighted by Crippen LogP contribution is 2.26. The van der Waals surface area contributed by atoms with E-state index in [-0.39, 0.29) is 5.91 Å². The molecular formula is C13H26N2O2. The zero-order valence-electron chi connectivity index (χ0n) is 11.1. The van der Waals surface area contributed by atoms with Gasteiger partial charge in [-0.05, 0) is 26.2 Å². The van der Waals surface area contributed by atoms with Crippen LogP contribution in [0.2, 0.25) is 0 Å². The smallest absolute Gasteiger partial charge is 0.240 e. The van der Waals surface area contributed by atoms with Crippen molar-refractivity contribution in [3.8, 4) is 0 Å². The summed E-state index contributed by atoms with van der Waals surface area (Å²) in [5.74, 6) is -0.103. The van der Waals surface area contributed by atoms with Gasteiger partial charge in [-0.2, -0.15) is 0 Å². The number of rotatable bonds is 5. The van der Waals surface area contributed by atoms with Gasteiger partial charge in [-0.15, -0.1) is 0 Å². The Morgan fingerprint density at radius 1 is 1.41 bits per heavy atom. The number of amides is 1. The first-order valence-electron chi connectivity index (χ1n) is 6.69. The van der Waals surface area contributed by atoms with E-state index in [1.54, 1.807) is 6.92 Å². The number of hydrogen-bond donors (Lipinski definition) is 3. The molecule has 1 unspecified atom stereocenters. The monoisotopic (exact) mass is 242 g/mol. The van der Waals surface area contributed by atoms with E-state index in [9.17, 15) is 9.90 Å². The van der Waals surface area contributed by atoms with Gasteiger partial charge in [0.05, 0.1) is 11.1 Å². The van der Waals surface area contributed by atoms with Crippen molar-refractivity contribution in [3.05, 3.63) is 0 Å².